The van der Waals surface area contributed by atoms with E-state index < -0.39 is 28.8 Å². The Labute approximate surface area is 122 Å². The molecule has 0 atom stereocenters. The molecule has 0 heterocycles. The zero-order valence-corrected chi connectivity index (χ0v) is 14.8. The van der Waals surface area contributed by atoms with Crippen molar-refractivity contribution in [3.05, 3.63) is 12.2 Å². The highest BCUT2D eigenvalue weighted by Gasteiger charge is 2.24. The van der Waals surface area contributed by atoms with Crippen LogP contribution in [0.15, 0.2) is 12.2 Å². The van der Waals surface area contributed by atoms with Gasteiger partial charge in [0, 0.05) is 0 Å². The van der Waals surface area contributed by atoms with E-state index in [2.05, 4.69) is 8.37 Å². The minimum absolute atomic E-state index is 0.0176. The van der Waals surface area contributed by atoms with Gasteiger partial charge in [0.2, 0.25) is 8.32 Å². The summed E-state index contributed by atoms with van der Waals surface area (Å²) in [5, 5.41) is 0. The van der Waals surface area contributed by atoms with Gasteiger partial charge in [-0.1, -0.05) is 12.2 Å². The zero-order chi connectivity index (χ0) is 15.9. The lowest BCUT2D eigenvalue weighted by atomic mass is 10.3. The van der Waals surface area contributed by atoms with Crippen molar-refractivity contribution in [1.29, 1.82) is 0 Å². The van der Waals surface area contributed by atoms with Gasteiger partial charge in [-0.25, -0.2) is 4.18 Å². The molecule has 0 fully saturated rings. The first-order chi connectivity index (χ1) is 8.91. The highest BCUT2D eigenvalue weighted by Crippen LogP contribution is 2.09. The predicted octanol–water partition coefficient (Wildman–Crippen LogP) is 1.41. The summed E-state index contributed by atoms with van der Waals surface area (Å²) in [5.41, 5.74) is 0. The smallest absolute Gasteiger partial charge is 0.294 e. The fourth-order valence-corrected chi connectivity index (χ4v) is 4.39. The van der Waals surface area contributed by atoms with Gasteiger partial charge in [0.1, 0.15) is 0 Å². The second-order valence-electron chi connectivity index (χ2n) is 5.00. The predicted molar refractivity (Wildman–Crippen MR) is 78.5 cm³/mol. The highest BCUT2D eigenvalue weighted by atomic mass is 32.3. The molecule has 0 N–H and O–H groups in total. The summed E-state index contributed by atoms with van der Waals surface area (Å²) in [6.45, 7) is 5.28. The minimum atomic E-state index is -3.93. The first-order valence-electron chi connectivity index (χ1n) is 6.01. The zero-order valence-electron chi connectivity index (χ0n) is 12.2. The summed E-state index contributed by atoms with van der Waals surface area (Å²) in [6.07, 6.45) is 5.17. The first-order valence-corrected chi connectivity index (χ1v) is 12.6. The quantitative estimate of drug-likeness (QED) is 0.255. The molecule has 0 saturated carbocycles. The van der Waals surface area contributed by atoms with Crippen LogP contribution in [0.1, 0.15) is 12.8 Å². The molecule has 0 aliphatic rings. The van der Waals surface area contributed by atoms with Crippen molar-refractivity contribution in [3.8, 4) is 0 Å². The molecule has 120 valence electrons. The summed E-state index contributed by atoms with van der Waals surface area (Å²) < 4.78 is 58.1. The van der Waals surface area contributed by atoms with Crippen molar-refractivity contribution < 1.29 is 29.1 Å². The minimum Gasteiger partial charge on any atom is -0.294 e. The molecular formula is C10H22O7S2Si. The lowest BCUT2D eigenvalue weighted by Gasteiger charge is -2.15. The molecule has 0 aromatic heterocycles. The van der Waals surface area contributed by atoms with E-state index >= 15 is 0 Å². The van der Waals surface area contributed by atoms with Crippen LogP contribution in [0.2, 0.25) is 19.6 Å². The summed E-state index contributed by atoms with van der Waals surface area (Å²) in [7, 11) is -9.54. The number of hydrogen-bond donors (Lipinski definition) is 0. The van der Waals surface area contributed by atoms with Crippen molar-refractivity contribution >= 4 is 28.8 Å². The van der Waals surface area contributed by atoms with Gasteiger partial charge in [-0.05, 0) is 32.5 Å². The van der Waals surface area contributed by atoms with E-state index in [0.29, 0.717) is 12.8 Å². The van der Waals surface area contributed by atoms with Gasteiger partial charge in [0.05, 0.1) is 19.5 Å². The van der Waals surface area contributed by atoms with E-state index in [9.17, 15) is 16.8 Å². The summed E-state index contributed by atoms with van der Waals surface area (Å²) in [5.74, 6) is 0. The van der Waals surface area contributed by atoms with Gasteiger partial charge in [0.15, 0.2) is 0 Å². The van der Waals surface area contributed by atoms with Gasteiger partial charge in [-0.3, -0.25) is 8.06 Å². The Kier molecular flexibility index (Phi) is 8.14. The summed E-state index contributed by atoms with van der Waals surface area (Å²) in [4.78, 5) is 0. The van der Waals surface area contributed by atoms with E-state index in [1.165, 1.54) is 0 Å². The molecule has 0 amide bonds. The first kappa shape index (κ1) is 19.7. The average Bonchev–Trinajstić information content (AvgIpc) is 2.16. The fourth-order valence-electron chi connectivity index (χ4n) is 1.05. The van der Waals surface area contributed by atoms with Gasteiger partial charge in [0.25, 0.3) is 10.1 Å². The van der Waals surface area contributed by atoms with Crippen molar-refractivity contribution in [1.82, 2.24) is 0 Å². The van der Waals surface area contributed by atoms with Crippen molar-refractivity contribution in [3.63, 3.8) is 0 Å². The lowest BCUT2D eigenvalue weighted by molar-refractivity contribution is 0.277. The molecule has 0 saturated heterocycles. The lowest BCUT2D eigenvalue weighted by Crippen LogP contribution is -2.30. The Morgan fingerprint density at radius 3 is 1.75 bits per heavy atom. The standard InChI is InChI=1S/C10H22O7S2Si/c1-18(11,12)15-9-7-5-6-8-10-16-19(13,14)17-20(2,3)4/h5-6H,7-10H2,1-4H3/b6-5+. The third kappa shape index (κ3) is 14.2. The Morgan fingerprint density at radius 1 is 0.900 bits per heavy atom. The molecule has 0 aliphatic carbocycles. The maximum atomic E-state index is 11.4. The van der Waals surface area contributed by atoms with Crippen molar-refractivity contribution in [2.45, 2.75) is 32.5 Å². The molecular weight excluding hydrogens is 324 g/mol. The topological polar surface area (TPSA) is 96.0 Å². The van der Waals surface area contributed by atoms with Crippen LogP contribution in [0.3, 0.4) is 0 Å². The number of hydrogen-bond acceptors (Lipinski definition) is 7. The van der Waals surface area contributed by atoms with E-state index in [1.807, 2.05) is 0 Å². The summed E-state index contributed by atoms with van der Waals surface area (Å²) in [6, 6.07) is 0. The van der Waals surface area contributed by atoms with Gasteiger partial charge >= 0.3 is 10.4 Å². The maximum absolute atomic E-state index is 11.4. The molecule has 0 aliphatic heterocycles. The van der Waals surface area contributed by atoms with Crippen LogP contribution < -0.4 is 0 Å². The second-order valence-corrected chi connectivity index (χ2v) is 12.6. The average molecular weight is 346 g/mol. The van der Waals surface area contributed by atoms with Crippen LogP contribution in [-0.4, -0.2) is 44.6 Å². The van der Waals surface area contributed by atoms with Crippen LogP contribution in [0, 0.1) is 0 Å². The second kappa shape index (κ2) is 8.25. The fraction of sp³-hybridized carbons (Fsp3) is 0.800. The number of rotatable bonds is 10. The van der Waals surface area contributed by atoms with E-state index in [-0.39, 0.29) is 13.2 Å². The van der Waals surface area contributed by atoms with Crippen LogP contribution >= 0.6 is 0 Å². The van der Waals surface area contributed by atoms with Gasteiger partial charge in [-0.2, -0.15) is 16.8 Å². The molecule has 0 aromatic carbocycles. The van der Waals surface area contributed by atoms with E-state index in [4.69, 9.17) is 3.87 Å². The molecule has 0 radical (unpaired) electrons. The molecule has 0 bridgehead atoms. The Bertz CT molecular complexity index is 502. The normalized spacial score (nSPS) is 14.0. The van der Waals surface area contributed by atoms with Crippen LogP contribution in [0.4, 0.5) is 0 Å². The molecule has 7 nitrogen and oxygen atoms in total. The Hall–Kier alpha value is -0.263. The molecule has 0 unspecified atom stereocenters. The van der Waals surface area contributed by atoms with E-state index in [1.54, 1.807) is 31.8 Å². The van der Waals surface area contributed by atoms with E-state index in [0.717, 1.165) is 6.26 Å². The maximum Gasteiger partial charge on any atom is 0.390 e. The Balaban J connectivity index is 3.81. The summed E-state index contributed by atoms with van der Waals surface area (Å²) >= 11 is 0. The largest absolute Gasteiger partial charge is 0.390 e. The SMILES string of the molecule is C[Si](C)(C)OS(=O)(=O)OCC/C=C/CCOS(C)(=O)=O. The third-order valence-corrected chi connectivity index (χ3v) is 5.48. The van der Waals surface area contributed by atoms with Crippen LogP contribution in [0.25, 0.3) is 0 Å². The molecule has 10 heteroatoms. The molecule has 0 rings (SSSR count). The van der Waals surface area contributed by atoms with Crippen LogP contribution in [0.5, 0.6) is 0 Å². The third-order valence-electron chi connectivity index (χ3n) is 1.61. The molecule has 0 spiro atoms. The van der Waals surface area contributed by atoms with Gasteiger partial charge in [-0.15, -0.1) is 0 Å². The molecule has 0 aromatic rings. The Morgan fingerprint density at radius 2 is 1.35 bits per heavy atom. The highest BCUT2D eigenvalue weighted by molar-refractivity contribution is 7.86. The van der Waals surface area contributed by atoms with Crippen LogP contribution in [-0.2, 0) is 32.8 Å². The van der Waals surface area contributed by atoms with Crippen molar-refractivity contribution in [2.24, 2.45) is 0 Å². The van der Waals surface area contributed by atoms with Gasteiger partial charge < -0.3 is 0 Å². The monoisotopic (exact) mass is 346 g/mol. The van der Waals surface area contributed by atoms with Crippen molar-refractivity contribution in [2.75, 3.05) is 19.5 Å². The molecule has 20 heavy (non-hydrogen) atoms.